The van der Waals surface area contributed by atoms with E-state index in [-0.39, 0.29) is 23.2 Å². The molecule has 116 valence electrons. The molecule has 1 nitrogen and oxygen atoms in total. The molecule has 0 bridgehead atoms. The smallest absolute Gasteiger partial charge is 0.385 e. The van der Waals surface area contributed by atoms with Gasteiger partial charge in [0.05, 0.1) is 6.10 Å². The molecule has 0 aliphatic heterocycles. The number of halogens is 6. The Morgan fingerprint density at radius 2 is 0.895 bits per heavy atom. The van der Waals surface area contributed by atoms with Gasteiger partial charge in [-0.1, -0.05) is 0 Å². The molecular weight excluding hydrogens is 471 g/mol. The van der Waals surface area contributed by atoms with Crippen LogP contribution in [0.1, 0.15) is 41.5 Å². The van der Waals surface area contributed by atoms with Crippen LogP contribution in [0.25, 0.3) is 0 Å². The number of rotatable bonds is 0. The van der Waals surface area contributed by atoms with Crippen LogP contribution < -0.4 is 5.11 Å². The van der Waals surface area contributed by atoms with Crippen molar-refractivity contribution < 1.29 is 31.4 Å². The van der Waals surface area contributed by atoms with Crippen LogP contribution in [0.3, 0.4) is 0 Å². The van der Waals surface area contributed by atoms with Crippen molar-refractivity contribution in [1.29, 1.82) is 0 Å². The molecule has 0 aromatic carbocycles. The minimum atomic E-state index is -5.74. The Labute approximate surface area is 121 Å². The largest absolute Gasteiger partial charge is 0.839 e. The van der Waals surface area contributed by atoms with E-state index in [4.69, 9.17) is 0 Å². The molecule has 0 atom stereocenters. The molecule has 0 saturated heterocycles. The molecule has 0 rings (SSSR count). The molecule has 0 aromatic heterocycles. The van der Waals surface area contributed by atoms with E-state index in [0.717, 1.165) is 0 Å². The average molecular weight is 490 g/mol. The van der Waals surface area contributed by atoms with Crippen molar-refractivity contribution >= 4 is 23.2 Å². The zero-order valence-electron chi connectivity index (χ0n) is 11.7. The van der Waals surface area contributed by atoms with Crippen molar-refractivity contribution in [2.24, 2.45) is 0 Å². The Hall–Kier alpha value is 0.423. The van der Waals surface area contributed by atoms with Gasteiger partial charge >= 0.3 is 83.4 Å². The van der Waals surface area contributed by atoms with E-state index < -0.39 is 18.5 Å². The molecule has 2 radical (unpaired) electrons. The van der Waals surface area contributed by atoms with Gasteiger partial charge in [-0.05, 0) is 0 Å². The van der Waals surface area contributed by atoms with Gasteiger partial charge in [-0.3, -0.25) is 0 Å². The Balaban J connectivity index is 0. The van der Waals surface area contributed by atoms with Gasteiger partial charge in [0.1, 0.15) is 0 Å². The summed E-state index contributed by atoms with van der Waals surface area (Å²) in [6.07, 6.45) is -16.0. The fraction of sp³-hybridized carbons (Fsp3) is 1.00. The number of hydrogen-bond donors (Lipinski definition) is 0. The number of alkyl halides is 6. The minimum Gasteiger partial charge on any atom is -0.839 e. The van der Waals surface area contributed by atoms with Gasteiger partial charge in [0, 0.05) is 0 Å². The summed E-state index contributed by atoms with van der Waals surface area (Å²) in [7, 11) is 0. The second-order valence-electron chi connectivity index (χ2n) is 5.92. The van der Waals surface area contributed by atoms with Crippen LogP contribution >= 0.6 is 0 Å². The van der Waals surface area contributed by atoms with E-state index in [9.17, 15) is 31.4 Å². The maximum atomic E-state index is 10.9. The van der Waals surface area contributed by atoms with Crippen molar-refractivity contribution in [3.8, 4) is 0 Å². The predicted molar refractivity (Wildman–Crippen MR) is 61.1 cm³/mol. The third kappa shape index (κ3) is 14.6. The van der Waals surface area contributed by atoms with Crippen LogP contribution in [0.5, 0.6) is 0 Å². The molecular formula is C11H19BiF6O. The normalized spacial score (nSPS) is 14.2. The average Bonchev–Trinajstić information content (AvgIpc) is 1.92. The molecule has 0 spiro atoms. The summed E-state index contributed by atoms with van der Waals surface area (Å²) in [5, 5.41) is 9.32. The Morgan fingerprint density at radius 3 is 0.895 bits per heavy atom. The quantitative estimate of drug-likeness (QED) is 0.373. The first-order chi connectivity index (χ1) is 7.86. The second-order valence-corrected chi connectivity index (χ2v) is 17.2. The van der Waals surface area contributed by atoms with Gasteiger partial charge < -0.3 is 5.11 Å². The third-order valence-electron chi connectivity index (χ3n) is 1.27. The maximum Gasteiger partial charge on any atom is 0.385 e. The maximum absolute atomic E-state index is 10.9. The third-order valence-corrected chi connectivity index (χ3v) is 6.48. The van der Waals surface area contributed by atoms with Crippen molar-refractivity contribution in [2.75, 3.05) is 0 Å². The number of hydrogen-bond acceptors (Lipinski definition) is 1. The topological polar surface area (TPSA) is 23.1 Å². The molecule has 0 heterocycles. The van der Waals surface area contributed by atoms with Gasteiger partial charge in [0.25, 0.3) is 0 Å². The molecule has 0 amide bonds. The van der Waals surface area contributed by atoms with E-state index in [1.165, 1.54) is 0 Å². The van der Waals surface area contributed by atoms with E-state index in [1.807, 2.05) is 0 Å². The molecule has 0 aliphatic carbocycles. The van der Waals surface area contributed by atoms with E-state index >= 15 is 0 Å². The minimum absolute atomic E-state index is 0.273. The monoisotopic (exact) mass is 490 g/mol. The Kier molecular flexibility index (Phi) is 7.91. The van der Waals surface area contributed by atoms with E-state index in [2.05, 4.69) is 41.5 Å². The van der Waals surface area contributed by atoms with Crippen LogP contribution in [0, 0.1) is 0 Å². The summed E-state index contributed by atoms with van der Waals surface area (Å²) < 4.78 is 66.8. The van der Waals surface area contributed by atoms with E-state index in [0.29, 0.717) is 6.25 Å². The summed E-state index contributed by atoms with van der Waals surface area (Å²) in [6.45, 7) is 14.2. The fourth-order valence-corrected chi connectivity index (χ4v) is 9.02. The first kappa shape index (κ1) is 21.7. The molecule has 0 aliphatic rings. The first-order valence-corrected chi connectivity index (χ1v) is 8.87. The SMILES string of the molecule is C[C](C)(C)[Bi+][C](C)(C)C.[O-]C(C(F)(F)F)C(F)(F)F. The van der Waals surface area contributed by atoms with Crippen LogP contribution in [-0.2, 0) is 0 Å². The predicted octanol–water partition coefficient (Wildman–Crippen LogP) is 3.97. The van der Waals surface area contributed by atoms with Gasteiger partial charge in [0.15, 0.2) is 0 Å². The molecule has 0 fully saturated rings. The molecule has 0 unspecified atom stereocenters. The van der Waals surface area contributed by atoms with Gasteiger partial charge in [-0.15, -0.1) is 0 Å². The van der Waals surface area contributed by atoms with Crippen LogP contribution in [0.15, 0.2) is 0 Å². The Morgan fingerprint density at radius 1 is 0.684 bits per heavy atom. The summed E-state index contributed by atoms with van der Waals surface area (Å²) in [5.74, 6) is 0. The van der Waals surface area contributed by atoms with Crippen molar-refractivity contribution in [3.05, 3.63) is 0 Å². The molecule has 0 N–H and O–H groups in total. The summed E-state index contributed by atoms with van der Waals surface area (Å²) >= 11 is -0.273. The zero-order valence-corrected chi connectivity index (χ0v) is 15.2. The standard InChI is InChI=1S/2C4H9.C3HF6O.Bi/c2*1-4(2)3;4-2(5,6)1(10)3(7,8)9;/h2*1-3H3;1H;/q;;-1;+1. The molecule has 8 heteroatoms. The van der Waals surface area contributed by atoms with E-state index in [1.54, 1.807) is 0 Å². The van der Waals surface area contributed by atoms with Crippen LogP contribution in [0.4, 0.5) is 26.3 Å². The molecule has 0 aromatic rings. The summed E-state index contributed by atoms with van der Waals surface area (Å²) in [4.78, 5) is 0. The molecule has 19 heavy (non-hydrogen) atoms. The first-order valence-electron chi connectivity index (χ1n) is 5.39. The fourth-order valence-electron chi connectivity index (χ4n) is 1.19. The van der Waals surface area contributed by atoms with Gasteiger partial charge in [0.2, 0.25) is 0 Å². The van der Waals surface area contributed by atoms with Crippen LogP contribution in [0.2, 0.25) is 6.25 Å². The summed E-state index contributed by atoms with van der Waals surface area (Å²) in [6, 6.07) is 0. The van der Waals surface area contributed by atoms with Crippen LogP contribution in [-0.4, -0.2) is 41.7 Å². The Bertz CT molecular complexity index is 232. The van der Waals surface area contributed by atoms with Crippen molar-refractivity contribution in [1.82, 2.24) is 0 Å². The second kappa shape index (κ2) is 6.92. The summed E-state index contributed by atoms with van der Waals surface area (Å²) in [5.41, 5.74) is 0. The van der Waals surface area contributed by atoms with Crippen molar-refractivity contribution in [2.45, 2.75) is 66.2 Å². The van der Waals surface area contributed by atoms with Gasteiger partial charge in [-0.2, -0.15) is 26.3 Å². The van der Waals surface area contributed by atoms with Gasteiger partial charge in [-0.25, -0.2) is 0 Å². The van der Waals surface area contributed by atoms with Crippen molar-refractivity contribution in [3.63, 3.8) is 0 Å². The molecule has 0 saturated carbocycles. The zero-order chi connectivity index (χ0) is 16.3.